The first-order chi connectivity index (χ1) is 29.3. The summed E-state index contributed by atoms with van der Waals surface area (Å²) in [4.78, 5) is 34.1. The highest BCUT2D eigenvalue weighted by Gasteiger charge is 2.17. The summed E-state index contributed by atoms with van der Waals surface area (Å²) in [5.41, 5.74) is 6.18. The van der Waals surface area contributed by atoms with E-state index in [1.807, 2.05) is 29.5 Å². The standard InChI is InChI=1S/C48H35N3O4S5/c1-3-4-5-6-7-37-20-21-41(56-37)30-8-14-33(15-9-30)51(34-16-10-31(11-17-34)42-26-46-44(59-42)24-38(57-46)22-36(28-49)55-29-52)35-18-12-32(13-19-35)43-27-47-45(60-43)25-39(58-47)23-40(50-2)48(53)54/h8-27,29H,3-7H2,1H3,(H,53,54)/b36-22+,40-23-. The third-order valence-corrected chi connectivity index (χ3v) is 15.6. The van der Waals surface area contributed by atoms with Gasteiger partial charge in [0, 0.05) is 71.2 Å². The molecule has 3 aromatic carbocycles. The van der Waals surface area contributed by atoms with Gasteiger partial charge in [0.25, 0.3) is 12.2 Å². The van der Waals surface area contributed by atoms with Crippen LogP contribution in [-0.4, -0.2) is 17.5 Å². The Morgan fingerprint density at radius 1 is 0.700 bits per heavy atom. The first-order valence-corrected chi connectivity index (χ1v) is 23.2. The minimum atomic E-state index is -1.22. The minimum Gasteiger partial charge on any atom is -0.486 e. The number of hydrogen-bond acceptors (Lipinski definition) is 10. The quantitative estimate of drug-likeness (QED) is 0.0259. The molecule has 0 aliphatic carbocycles. The molecule has 7 nitrogen and oxygen atoms in total. The van der Waals surface area contributed by atoms with Crippen LogP contribution in [0.5, 0.6) is 0 Å². The number of allylic oxidation sites excluding steroid dienone is 1. The van der Waals surface area contributed by atoms with Gasteiger partial charge in [-0.2, -0.15) is 5.26 Å². The summed E-state index contributed by atoms with van der Waals surface area (Å²) in [6.07, 6.45) is 9.18. The highest BCUT2D eigenvalue weighted by Crippen LogP contribution is 2.43. The minimum absolute atomic E-state index is 0.0381. The van der Waals surface area contributed by atoms with E-state index < -0.39 is 5.97 Å². The molecule has 8 aromatic rings. The maximum Gasteiger partial charge on any atom is 0.333 e. The van der Waals surface area contributed by atoms with Crippen LogP contribution < -0.4 is 4.90 Å². The molecule has 12 heteroatoms. The second-order valence-corrected chi connectivity index (χ2v) is 19.4. The van der Waals surface area contributed by atoms with Crippen LogP contribution in [0.1, 0.15) is 47.2 Å². The van der Waals surface area contributed by atoms with Gasteiger partial charge in [-0.25, -0.2) is 4.85 Å². The number of nitriles is 1. The van der Waals surface area contributed by atoms with Crippen LogP contribution in [0, 0.1) is 17.9 Å². The maximum absolute atomic E-state index is 11.4. The van der Waals surface area contributed by atoms with Gasteiger partial charge in [-0.05, 0) is 108 Å². The van der Waals surface area contributed by atoms with Crippen molar-refractivity contribution in [1.82, 2.24) is 0 Å². The van der Waals surface area contributed by atoms with Gasteiger partial charge in [-0.1, -0.05) is 62.6 Å². The van der Waals surface area contributed by atoms with Gasteiger partial charge in [0.2, 0.25) is 5.76 Å². The molecule has 60 heavy (non-hydrogen) atoms. The van der Waals surface area contributed by atoms with Gasteiger partial charge in [0.1, 0.15) is 6.07 Å². The number of fused-ring (bicyclic) bond motifs is 2. The lowest BCUT2D eigenvalue weighted by atomic mass is 10.1. The SMILES string of the molecule is [C-]#[N+]/C(=C\c1cc2sc(-c3ccc(N(c4ccc(-c5ccc(CCCCCC)s5)cc4)c4ccc(-c5cc6sc(/C=C(\C#N)OC=O)cc6s5)cc4)cc3)cc2s1)C(=O)O. The number of anilines is 3. The molecule has 0 fully saturated rings. The van der Waals surface area contributed by atoms with Gasteiger partial charge in [-0.15, -0.1) is 56.7 Å². The third kappa shape index (κ3) is 9.04. The largest absolute Gasteiger partial charge is 0.486 e. The molecule has 0 aliphatic rings. The molecular formula is C48H35N3O4S5. The number of unbranched alkanes of at least 4 members (excludes halogenated alkanes) is 3. The number of carbonyl (C=O) groups is 2. The normalized spacial score (nSPS) is 11.8. The molecule has 0 spiro atoms. The van der Waals surface area contributed by atoms with Gasteiger partial charge in [0.15, 0.2) is 0 Å². The summed E-state index contributed by atoms with van der Waals surface area (Å²) < 4.78 is 9.06. The van der Waals surface area contributed by atoms with Crippen molar-refractivity contribution in [3.8, 4) is 37.4 Å². The lowest BCUT2D eigenvalue weighted by Crippen LogP contribution is -2.09. The fourth-order valence-corrected chi connectivity index (χ4v) is 12.6. The Morgan fingerprint density at radius 2 is 1.22 bits per heavy atom. The maximum atomic E-state index is 11.4. The fraction of sp³-hybridized carbons (Fsp3) is 0.125. The molecule has 0 amide bonds. The zero-order valence-electron chi connectivity index (χ0n) is 32.2. The predicted octanol–water partition coefficient (Wildman–Crippen LogP) is 15.3. The first-order valence-electron chi connectivity index (χ1n) is 19.1. The molecule has 8 rings (SSSR count). The highest BCUT2D eigenvalue weighted by molar-refractivity contribution is 7.30. The highest BCUT2D eigenvalue weighted by atomic mass is 32.1. The van der Waals surface area contributed by atoms with Crippen molar-refractivity contribution in [2.24, 2.45) is 0 Å². The summed E-state index contributed by atoms with van der Waals surface area (Å²) in [5, 5.41) is 18.5. The van der Waals surface area contributed by atoms with Crippen LogP contribution in [0.25, 0.3) is 67.1 Å². The number of ether oxygens (including phenoxy) is 1. The van der Waals surface area contributed by atoms with Gasteiger partial charge < -0.3 is 14.7 Å². The van der Waals surface area contributed by atoms with Crippen molar-refractivity contribution in [3.05, 3.63) is 147 Å². The monoisotopic (exact) mass is 877 g/mol. The van der Waals surface area contributed by atoms with Crippen molar-refractivity contribution in [3.63, 3.8) is 0 Å². The molecule has 1 N–H and O–H groups in total. The molecule has 0 bridgehead atoms. The molecule has 296 valence electrons. The number of nitrogens with zero attached hydrogens (tertiary/aromatic N) is 3. The zero-order chi connectivity index (χ0) is 41.6. The summed E-state index contributed by atoms with van der Waals surface area (Å²) in [6, 6.07) is 40.7. The summed E-state index contributed by atoms with van der Waals surface area (Å²) in [7, 11) is 0. The summed E-state index contributed by atoms with van der Waals surface area (Å²) in [6.45, 7) is 9.68. The van der Waals surface area contributed by atoms with E-state index in [4.69, 9.17) is 11.3 Å². The van der Waals surface area contributed by atoms with E-state index in [-0.39, 0.29) is 17.9 Å². The molecule has 0 radical (unpaired) electrons. The summed E-state index contributed by atoms with van der Waals surface area (Å²) in [5.74, 6) is -1.26. The Kier molecular flexibility index (Phi) is 12.5. The van der Waals surface area contributed by atoms with Crippen molar-refractivity contribution in [2.45, 2.75) is 39.0 Å². The number of benzene rings is 3. The van der Waals surface area contributed by atoms with Crippen molar-refractivity contribution in [1.29, 1.82) is 5.26 Å². The number of aryl methyl sites for hydroxylation is 1. The number of thiophene rings is 5. The van der Waals surface area contributed by atoms with Gasteiger partial charge in [-0.3, -0.25) is 9.59 Å². The molecule has 5 heterocycles. The Labute approximate surface area is 367 Å². The van der Waals surface area contributed by atoms with Crippen LogP contribution in [-0.2, 0) is 20.7 Å². The van der Waals surface area contributed by atoms with E-state index >= 15 is 0 Å². The van der Waals surface area contributed by atoms with Crippen LogP contribution in [0.3, 0.4) is 0 Å². The molecule has 0 aliphatic heterocycles. The average Bonchev–Trinajstić information content (AvgIpc) is 4.10. The third-order valence-electron chi connectivity index (χ3n) is 9.80. The Balaban J connectivity index is 1.08. The van der Waals surface area contributed by atoms with Crippen molar-refractivity contribution in [2.75, 3.05) is 4.90 Å². The van der Waals surface area contributed by atoms with E-state index in [1.54, 1.807) is 40.1 Å². The van der Waals surface area contributed by atoms with Crippen molar-refractivity contribution < 1.29 is 19.4 Å². The topological polar surface area (TPSA) is 95.0 Å². The van der Waals surface area contributed by atoms with Crippen LogP contribution in [0.2, 0.25) is 0 Å². The Bertz CT molecular complexity index is 2900. The van der Waals surface area contributed by atoms with E-state index in [0.717, 1.165) is 72.9 Å². The number of rotatable bonds is 16. The van der Waals surface area contributed by atoms with E-state index in [1.165, 1.54) is 58.4 Å². The fourth-order valence-electron chi connectivity index (χ4n) is 6.85. The predicted molar refractivity (Wildman–Crippen MR) is 253 cm³/mol. The van der Waals surface area contributed by atoms with Gasteiger partial charge >= 0.3 is 5.97 Å². The zero-order valence-corrected chi connectivity index (χ0v) is 36.3. The Morgan fingerprint density at radius 3 is 1.68 bits per heavy atom. The van der Waals surface area contributed by atoms with Crippen LogP contribution in [0.4, 0.5) is 17.1 Å². The average molecular weight is 878 g/mol. The number of aliphatic carboxylic acids is 1. The number of hydrogen-bond donors (Lipinski definition) is 1. The van der Waals surface area contributed by atoms with Gasteiger partial charge in [0.05, 0.1) is 6.57 Å². The number of carboxylic acid groups (broad SMARTS) is 1. The molecule has 0 atom stereocenters. The number of carbonyl (C=O) groups excluding carboxylic acids is 1. The smallest absolute Gasteiger partial charge is 0.333 e. The molecule has 0 saturated heterocycles. The molecule has 0 saturated carbocycles. The van der Waals surface area contributed by atoms with Crippen molar-refractivity contribution >= 4 is 117 Å². The first kappa shape index (κ1) is 40.7. The lowest BCUT2D eigenvalue weighted by molar-refractivity contribution is -0.132. The lowest BCUT2D eigenvalue weighted by Gasteiger charge is -2.26. The number of carboxylic acids is 1. The van der Waals surface area contributed by atoms with E-state index in [2.05, 4.69) is 114 Å². The molecule has 5 aromatic heterocycles. The van der Waals surface area contributed by atoms with E-state index in [9.17, 15) is 20.0 Å². The van der Waals surface area contributed by atoms with Crippen LogP contribution >= 0.6 is 56.7 Å². The molecule has 0 unspecified atom stereocenters. The second-order valence-electron chi connectivity index (χ2n) is 13.8. The van der Waals surface area contributed by atoms with Crippen LogP contribution in [0.15, 0.2) is 121 Å². The Hall–Kier alpha value is -6.12. The molecular weight excluding hydrogens is 843 g/mol. The second kappa shape index (κ2) is 18.4. The summed E-state index contributed by atoms with van der Waals surface area (Å²) >= 11 is 8.24. The van der Waals surface area contributed by atoms with E-state index in [0.29, 0.717) is 0 Å².